The van der Waals surface area contributed by atoms with Crippen molar-refractivity contribution in [2.45, 2.75) is 0 Å². The van der Waals surface area contributed by atoms with E-state index in [2.05, 4.69) is 10.1 Å². The number of nitrogens with zero attached hydrogens (tertiary/aromatic N) is 3. The molecule has 0 atom stereocenters. The molecule has 2 rings (SSSR count). The van der Waals surface area contributed by atoms with Crippen molar-refractivity contribution in [3.05, 3.63) is 28.6 Å². The molecule has 3 nitrogen and oxygen atoms in total. The summed E-state index contributed by atoms with van der Waals surface area (Å²) in [5.41, 5.74) is 0.621. The Hall–Kier alpha value is -0.800. The Balaban J connectivity index is 2.91. The summed E-state index contributed by atoms with van der Waals surface area (Å²) in [4.78, 5) is 3.97. The smallest absolute Gasteiger partial charge is 0.172 e. The van der Waals surface area contributed by atoms with Gasteiger partial charge < -0.3 is 0 Å². The SMILES string of the molecule is Clc1cc(Cl)c2nccn2n1. The van der Waals surface area contributed by atoms with Gasteiger partial charge in [-0.05, 0) is 6.07 Å². The van der Waals surface area contributed by atoms with Crippen LogP contribution in [0.15, 0.2) is 18.5 Å². The van der Waals surface area contributed by atoms with E-state index in [0.717, 1.165) is 0 Å². The first-order valence-electron chi connectivity index (χ1n) is 2.93. The number of hydrogen-bond donors (Lipinski definition) is 0. The van der Waals surface area contributed by atoms with Crippen LogP contribution in [0.25, 0.3) is 5.65 Å². The third-order valence-corrected chi connectivity index (χ3v) is 1.75. The average molecular weight is 188 g/mol. The van der Waals surface area contributed by atoms with Crippen molar-refractivity contribution in [3.63, 3.8) is 0 Å². The average Bonchev–Trinajstić information content (AvgIpc) is 2.34. The van der Waals surface area contributed by atoms with Gasteiger partial charge in [0.15, 0.2) is 10.8 Å². The zero-order valence-electron chi connectivity index (χ0n) is 5.33. The molecule has 2 heterocycles. The van der Waals surface area contributed by atoms with E-state index in [0.29, 0.717) is 15.8 Å². The predicted octanol–water partition coefficient (Wildman–Crippen LogP) is 2.04. The summed E-state index contributed by atoms with van der Waals surface area (Å²) in [5, 5.41) is 4.80. The van der Waals surface area contributed by atoms with E-state index in [1.807, 2.05) is 0 Å². The van der Waals surface area contributed by atoms with Gasteiger partial charge in [0.1, 0.15) is 0 Å². The molecule has 11 heavy (non-hydrogen) atoms. The van der Waals surface area contributed by atoms with Gasteiger partial charge >= 0.3 is 0 Å². The van der Waals surface area contributed by atoms with Crippen LogP contribution in [-0.4, -0.2) is 14.6 Å². The highest BCUT2D eigenvalue weighted by Gasteiger charge is 2.01. The van der Waals surface area contributed by atoms with Gasteiger partial charge in [0.25, 0.3) is 0 Å². The molecule has 0 N–H and O–H groups in total. The molecule has 0 bridgehead atoms. The topological polar surface area (TPSA) is 30.2 Å². The van der Waals surface area contributed by atoms with Crippen LogP contribution >= 0.6 is 23.2 Å². The van der Waals surface area contributed by atoms with Crippen LogP contribution < -0.4 is 0 Å². The Kier molecular flexibility index (Phi) is 1.47. The zero-order valence-corrected chi connectivity index (χ0v) is 6.84. The van der Waals surface area contributed by atoms with E-state index < -0.39 is 0 Å². The highest BCUT2D eigenvalue weighted by Crippen LogP contribution is 2.17. The second-order valence-corrected chi connectivity index (χ2v) is 2.80. The Morgan fingerprint density at radius 3 is 3.00 bits per heavy atom. The first-order chi connectivity index (χ1) is 5.27. The van der Waals surface area contributed by atoms with Crippen molar-refractivity contribution in [1.82, 2.24) is 14.6 Å². The molecule has 0 saturated carbocycles. The van der Waals surface area contributed by atoms with Crippen LogP contribution in [-0.2, 0) is 0 Å². The molecular formula is C6H3Cl2N3. The standard InChI is InChI=1S/C6H3Cl2N3/c7-4-3-5(8)10-11-2-1-9-6(4)11/h1-3H. The fourth-order valence-corrected chi connectivity index (χ4v) is 1.33. The van der Waals surface area contributed by atoms with Crippen LogP contribution in [0.4, 0.5) is 0 Å². The molecule has 0 saturated heterocycles. The molecule has 5 heteroatoms. The molecule has 0 aliphatic carbocycles. The fraction of sp³-hybridized carbons (Fsp3) is 0. The molecule has 0 amide bonds. The quantitative estimate of drug-likeness (QED) is 0.633. The summed E-state index contributed by atoms with van der Waals surface area (Å²) in [6.07, 6.45) is 3.30. The fourth-order valence-electron chi connectivity index (χ4n) is 0.850. The zero-order chi connectivity index (χ0) is 7.84. The molecular weight excluding hydrogens is 185 g/mol. The summed E-state index contributed by atoms with van der Waals surface area (Å²) in [7, 11) is 0. The molecule has 56 valence electrons. The van der Waals surface area contributed by atoms with Crippen LogP contribution in [0.3, 0.4) is 0 Å². The summed E-state index contributed by atoms with van der Waals surface area (Å²) >= 11 is 11.4. The van der Waals surface area contributed by atoms with Crippen molar-refractivity contribution < 1.29 is 0 Å². The van der Waals surface area contributed by atoms with E-state index >= 15 is 0 Å². The second-order valence-electron chi connectivity index (χ2n) is 2.01. The van der Waals surface area contributed by atoms with Gasteiger partial charge in [-0.1, -0.05) is 23.2 Å². The lowest BCUT2D eigenvalue weighted by Gasteiger charge is -1.94. The van der Waals surface area contributed by atoms with Crippen molar-refractivity contribution in [3.8, 4) is 0 Å². The number of aromatic nitrogens is 3. The van der Waals surface area contributed by atoms with Gasteiger partial charge in [-0.15, -0.1) is 0 Å². The Labute approximate surface area is 72.6 Å². The van der Waals surface area contributed by atoms with E-state index in [1.165, 1.54) is 4.52 Å². The minimum Gasteiger partial charge on any atom is -0.234 e. The molecule has 0 spiro atoms. The number of rotatable bonds is 0. The summed E-state index contributed by atoms with van der Waals surface area (Å²) in [6, 6.07) is 1.56. The maximum atomic E-state index is 5.80. The minimum atomic E-state index is 0.362. The monoisotopic (exact) mass is 187 g/mol. The minimum absolute atomic E-state index is 0.362. The first-order valence-corrected chi connectivity index (χ1v) is 3.68. The summed E-state index contributed by atoms with van der Waals surface area (Å²) in [5.74, 6) is 0. The van der Waals surface area contributed by atoms with Crippen LogP contribution in [0.2, 0.25) is 10.2 Å². The Morgan fingerprint density at radius 2 is 2.18 bits per heavy atom. The number of imidazole rings is 1. The molecule has 0 aromatic carbocycles. The van der Waals surface area contributed by atoms with Crippen LogP contribution in [0.5, 0.6) is 0 Å². The maximum Gasteiger partial charge on any atom is 0.172 e. The number of fused-ring (bicyclic) bond motifs is 1. The highest BCUT2D eigenvalue weighted by atomic mass is 35.5. The van der Waals surface area contributed by atoms with Gasteiger partial charge in [-0.2, -0.15) is 5.10 Å². The molecule has 0 unspecified atom stereocenters. The lowest BCUT2D eigenvalue weighted by molar-refractivity contribution is 0.937. The molecule has 0 aliphatic rings. The molecule has 2 aromatic rings. The van der Waals surface area contributed by atoms with Gasteiger partial charge in [-0.25, -0.2) is 9.50 Å². The van der Waals surface area contributed by atoms with Crippen molar-refractivity contribution in [2.24, 2.45) is 0 Å². The lowest BCUT2D eigenvalue weighted by atomic mass is 10.5. The number of halogens is 2. The molecule has 0 fully saturated rings. The Morgan fingerprint density at radius 1 is 1.36 bits per heavy atom. The van der Waals surface area contributed by atoms with Gasteiger partial charge in [0.05, 0.1) is 5.02 Å². The second kappa shape index (κ2) is 2.36. The van der Waals surface area contributed by atoms with E-state index in [1.54, 1.807) is 18.5 Å². The third kappa shape index (κ3) is 1.06. The third-order valence-electron chi connectivity index (χ3n) is 1.28. The Bertz CT molecular complexity index is 396. The lowest BCUT2D eigenvalue weighted by Crippen LogP contribution is -1.90. The van der Waals surface area contributed by atoms with Crippen molar-refractivity contribution in [1.29, 1.82) is 0 Å². The number of hydrogen-bond acceptors (Lipinski definition) is 2. The van der Waals surface area contributed by atoms with E-state index in [4.69, 9.17) is 23.2 Å². The highest BCUT2D eigenvalue weighted by molar-refractivity contribution is 6.35. The van der Waals surface area contributed by atoms with Crippen molar-refractivity contribution >= 4 is 28.8 Å². The summed E-state index contributed by atoms with van der Waals surface area (Å²) in [6.45, 7) is 0. The maximum absolute atomic E-state index is 5.80. The van der Waals surface area contributed by atoms with E-state index in [-0.39, 0.29) is 0 Å². The van der Waals surface area contributed by atoms with Gasteiger partial charge in [-0.3, -0.25) is 0 Å². The largest absolute Gasteiger partial charge is 0.234 e. The summed E-state index contributed by atoms with van der Waals surface area (Å²) < 4.78 is 1.53. The van der Waals surface area contributed by atoms with Crippen LogP contribution in [0, 0.1) is 0 Å². The predicted molar refractivity (Wildman–Crippen MR) is 43.0 cm³/mol. The van der Waals surface area contributed by atoms with E-state index in [9.17, 15) is 0 Å². The van der Waals surface area contributed by atoms with Crippen molar-refractivity contribution in [2.75, 3.05) is 0 Å². The first kappa shape index (κ1) is 6.88. The van der Waals surface area contributed by atoms with Gasteiger partial charge in [0, 0.05) is 12.4 Å². The molecule has 0 aliphatic heterocycles. The van der Waals surface area contributed by atoms with Crippen LogP contribution in [0.1, 0.15) is 0 Å². The molecule has 0 radical (unpaired) electrons. The molecule has 2 aromatic heterocycles. The van der Waals surface area contributed by atoms with Gasteiger partial charge in [0.2, 0.25) is 0 Å². The normalized spacial score (nSPS) is 10.7.